The number of rotatable bonds is 6. The number of carbonyl (C=O) groups excluding carboxylic acids is 2. The predicted octanol–water partition coefficient (Wildman–Crippen LogP) is 0.455. The molecular weight excluding hydrogens is 212 g/mol. The van der Waals surface area contributed by atoms with Crippen LogP contribution in [0.2, 0.25) is 0 Å². The lowest BCUT2D eigenvalue weighted by molar-refractivity contribution is -0.134. The zero-order chi connectivity index (χ0) is 11.8. The number of hydrogen-bond acceptors (Lipinski definition) is 3. The first-order valence-corrected chi connectivity index (χ1v) is 5.47. The molecule has 0 rings (SSSR count). The van der Waals surface area contributed by atoms with Gasteiger partial charge in [-0.15, -0.1) is 6.58 Å². The van der Waals surface area contributed by atoms with Crippen LogP contribution in [0.25, 0.3) is 0 Å². The predicted molar refractivity (Wildman–Crippen MR) is 63.9 cm³/mol. The molecule has 0 bridgehead atoms. The highest BCUT2D eigenvalue weighted by Crippen LogP contribution is 1.98. The molecule has 86 valence electrons. The van der Waals surface area contributed by atoms with Crippen LogP contribution >= 0.6 is 12.6 Å². The summed E-state index contributed by atoms with van der Waals surface area (Å²) >= 11 is 4.04. The molecule has 0 saturated heterocycles. The minimum atomic E-state index is -0.550. The Labute approximate surface area is 96.1 Å². The monoisotopic (exact) mass is 230 g/mol. The number of hydrogen-bond donors (Lipinski definition) is 2. The Hall–Kier alpha value is -0.970. The van der Waals surface area contributed by atoms with Gasteiger partial charge in [0.1, 0.15) is 6.04 Å². The maximum Gasteiger partial charge on any atom is 0.246 e. The summed E-state index contributed by atoms with van der Waals surface area (Å²) in [7, 11) is 0. The Kier molecular flexibility index (Phi) is 6.86. The molecule has 0 aliphatic heterocycles. The molecule has 0 spiro atoms. The number of likely N-dealkylation sites (N-methyl/N-ethyl adjacent to an activating group) is 1. The van der Waals surface area contributed by atoms with E-state index in [1.807, 2.05) is 6.92 Å². The van der Waals surface area contributed by atoms with E-state index in [0.717, 1.165) is 0 Å². The second-order valence-corrected chi connectivity index (χ2v) is 3.47. The van der Waals surface area contributed by atoms with E-state index in [4.69, 9.17) is 0 Å². The van der Waals surface area contributed by atoms with Gasteiger partial charge in [0.15, 0.2) is 0 Å². The maximum atomic E-state index is 11.8. The van der Waals surface area contributed by atoms with E-state index in [0.29, 0.717) is 18.8 Å². The summed E-state index contributed by atoms with van der Waals surface area (Å²) in [6, 6.07) is -0.550. The second-order valence-electron chi connectivity index (χ2n) is 3.10. The van der Waals surface area contributed by atoms with Crippen LogP contribution in [0, 0.1) is 0 Å². The van der Waals surface area contributed by atoms with Crippen molar-refractivity contribution in [1.29, 1.82) is 0 Å². The zero-order valence-electron chi connectivity index (χ0n) is 9.19. The Morgan fingerprint density at radius 3 is 2.53 bits per heavy atom. The number of thiol groups is 1. The van der Waals surface area contributed by atoms with Crippen molar-refractivity contribution >= 4 is 24.4 Å². The van der Waals surface area contributed by atoms with Crippen molar-refractivity contribution in [3.63, 3.8) is 0 Å². The van der Waals surface area contributed by atoms with E-state index in [2.05, 4.69) is 24.5 Å². The molecule has 0 aliphatic carbocycles. The quantitative estimate of drug-likeness (QED) is 0.514. The molecule has 0 aliphatic rings. The highest BCUT2D eigenvalue weighted by Gasteiger charge is 2.21. The minimum Gasteiger partial charge on any atom is -0.344 e. The van der Waals surface area contributed by atoms with Crippen LogP contribution in [-0.2, 0) is 9.59 Å². The molecule has 5 heteroatoms. The number of amides is 2. The number of nitrogens with one attached hydrogen (secondary N) is 1. The molecule has 1 atom stereocenters. The van der Waals surface area contributed by atoms with Crippen LogP contribution in [0.3, 0.4) is 0 Å². The van der Waals surface area contributed by atoms with Gasteiger partial charge in [0.2, 0.25) is 11.8 Å². The molecule has 0 heterocycles. The number of carbonyl (C=O) groups is 2. The standard InChI is InChI=1S/C10H18N2O2S/c1-4-6-12(5-2)10(14)9(7-15)11-8(3)13/h4,9,15H,1,5-7H2,2-3H3,(H,11,13). The summed E-state index contributed by atoms with van der Waals surface area (Å²) in [5.41, 5.74) is 0. The van der Waals surface area contributed by atoms with Gasteiger partial charge >= 0.3 is 0 Å². The van der Waals surface area contributed by atoms with E-state index in [9.17, 15) is 9.59 Å². The first-order chi connectivity index (χ1) is 7.06. The van der Waals surface area contributed by atoms with E-state index in [1.54, 1.807) is 11.0 Å². The van der Waals surface area contributed by atoms with Crippen molar-refractivity contribution in [2.75, 3.05) is 18.8 Å². The molecule has 0 radical (unpaired) electrons. The summed E-state index contributed by atoms with van der Waals surface area (Å²) in [5, 5.41) is 2.56. The topological polar surface area (TPSA) is 49.4 Å². The lowest BCUT2D eigenvalue weighted by Gasteiger charge is -2.24. The van der Waals surface area contributed by atoms with Gasteiger partial charge in [0.05, 0.1) is 0 Å². The summed E-state index contributed by atoms with van der Waals surface area (Å²) in [6.45, 7) is 7.92. The largest absolute Gasteiger partial charge is 0.344 e. The van der Waals surface area contributed by atoms with E-state index in [-0.39, 0.29) is 11.8 Å². The number of nitrogens with zero attached hydrogens (tertiary/aromatic N) is 1. The van der Waals surface area contributed by atoms with Crippen molar-refractivity contribution in [2.24, 2.45) is 0 Å². The third-order valence-corrected chi connectivity index (χ3v) is 2.27. The Balaban J connectivity index is 4.46. The van der Waals surface area contributed by atoms with Gasteiger partial charge in [0.25, 0.3) is 0 Å². The average Bonchev–Trinajstić information content (AvgIpc) is 2.21. The van der Waals surface area contributed by atoms with Gasteiger partial charge in [-0.1, -0.05) is 6.08 Å². The molecule has 4 nitrogen and oxygen atoms in total. The summed E-state index contributed by atoms with van der Waals surface area (Å²) in [5.74, 6) is -0.0499. The van der Waals surface area contributed by atoms with Crippen molar-refractivity contribution in [3.05, 3.63) is 12.7 Å². The summed E-state index contributed by atoms with van der Waals surface area (Å²) in [6.07, 6.45) is 1.66. The van der Waals surface area contributed by atoms with E-state index < -0.39 is 6.04 Å². The fraction of sp³-hybridized carbons (Fsp3) is 0.600. The molecule has 0 aromatic heterocycles. The van der Waals surface area contributed by atoms with Crippen LogP contribution < -0.4 is 5.32 Å². The van der Waals surface area contributed by atoms with Crippen LogP contribution in [0.5, 0.6) is 0 Å². The van der Waals surface area contributed by atoms with Crippen molar-refractivity contribution in [3.8, 4) is 0 Å². The molecule has 1 N–H and O–H groups in total. The first-order valence-electron chi connectivity index (χ1n) is 4.84. The maximum absolute atomic E-state index is 11.8. The minimum absolute atomic E-state index is 0.123. The molecule has 0 aromatic carbocycles. The van der Waals surface area contributed by atoms with Gasteiger partial charge in [0, 0.05) is 25.8 Å². The van der Waals surface area contributed by atoms with Crippen molar-refractivity contribution < 1.29 is 9.59 Å². The molecule has 1 unspecified atom stereocenters. The van der Waals surface area contributed by atoms with Gasteiger partial charge in [-0.05, 0) is 6.92 Å². The fourth-order valence-electron chi connectivity index (χ4n) is 1.18. The molecule has 0 saturated carbocycles. The molecule has 15 heavy (non-hydrogen) atoms. The molecule has 0 fully saturated rings. The Bertz CT molecular complexity index is 244. The summed E-state index contributed by atoms with van der Waals surface area (Å²) < 4.78 is 0. The smallest absolute Gasteiger partial charge is 0.246 e. The second kappa shape index (κ2) is 7.34. The fourth-order valence-corrected chi connectivity index (χ4v) is 1.43. The molecular formula is C10H18N2O2S. The Morgan fingerprint density at radius 2 is 2.20 bits per heavy atom. The first kappa shape index (κ1) is 14.0. The lowest BCUT2D eigenvalue weighted by atomic mass is 10.2. The lowest BCUT2D eigenvalue weighted by Crippen LogP contribution is -2.49. The SMILES string of the molecule is C=CCN(CC)C(=O)C(CS)NC(C)=O. The van der Waals surface area contributed by atoms with Gasteiger partial charge < -0.3 is 10.2 Å². The normalized spacial score (nSPS) is 11.7. The molecule has 0 aromatic rings. The third-order valence-electron chi connectivity index (χ3n) is 1.90. The van der Waals surface area contributed by atoms with Crippen molar-refractivity contribution in [1.82, 2.24) is 10.2 Å². The Morgan fingerprint density at radius 1 is 1.60 bits per heavy atom. The average molecular weight is 230 g/mol. The van der Waals surface area contributed by atoms with Crippen LogP contribution in [0.15, 0.2) is 12.7 Å². The third kappa shape index (κ3) is 4.88. The zero-order valence-corrected chi connectivity index (χ0v) is 10.1. The van der Waals surface area contributed by atoms with Gasteiger partial charge in [-0.3, -0.25) is 9.59 Å². The summed E-state index contributed by atoms with van der Waals surface area (Å²) in [4.78, 5) is 24.3. The van der Waals surface area contributed by atoms with E-state index in [1.165, 1.54) is 6.92 Å². The van der Waals surface area contributed by atoms with Gasteiger partial charge in [-0.25, -0.2) is 0 Å². The van der Waals surface area contributed by atoms with Gasteiger partial charge in [-0.2, -0.15) is 12.6 Å². The van der Waals surface area contributed by atoms with Crippen molar-refractivity contribution in [2.45, 2.75) is 19.9 Å². The highest BCUT2D eigenvalue weighted by molar-refractivity contribution is 7.80. The molecule has 2 amide bonds. The van der Waals surface area contributed by atoms with Crippen LogP contribution in [-0.4, -0.2) is 41.6 Å². The highest BCUT2D eigenvalue weighted by atomic mass is 32.1. The van der Waals surface area contributed by atoms with Crippen LogP contribution in [0.4, 0.5) is 0 Å². The van der Waals surface area contributed by atoms with E-state index >= 15 is 0 Å². The van der Waals surface area contributed by atoms with Crippen LogP contribution in [0.1, 0.15) is 13.8 Å².